The summed E-state index contributed by atoms with van der Waals surface area (Å²) >= 11 is 0. The van der Waals surface area contributed by atoms with Crippen molar-refractivity contribution >= 4 is 15.9 Å². The van der Waals surface area contributed by atoms with E-state index in [-0.39, 0.29) is 27.7 Å². The highest BCUT2D eigenvalue weighted by Gasteiger charge is 2.59. The summed E-state index contributed by atoms with van der Waals surface area (Å²) < 4.78 is 33.0. The number of aryl methyl sites for hydroxylation is 1. The molecule has 0 unspecified atom stereocenters. The first kappa shape index (κ1) is 20.8. The van der Waals surface area contributed by atoms with Crippen LogP contribution in [0.2, 0.25) is 0 Å². The van der Waals surface area contributed by atoms with Crippen LogP contribution < -0.4 is 5.32 Å². The van der Waals surface area contributed by atoms with E-state index >= 15 is 0 Å². The second-order valence-electron chi connectivity index (χ2n) is 9.82. The summed E-state index contributed by atoms with van der Waals surface area (Å²) in [6, 6.07) is 5.10. The number of fused-ring (bicyclic) bond motifs is 2. The molecule has 29 heavy (non-hydrogen) atoms. The van der Waals surface area contributed by atoms with Gasteiger partial charge in [0.25, 0.3) is 5.91 Å². The van der Waals surface area contributed by atoms with Gasteiger partial charge in [0, 0.05) is 24.7 Å². The van der Waals surface area contributed by atoms with Crippen LogP contribution in [0.25, 0.3) is 0 Å². The van der Waals surface area contributed by atoms with E-state index in [1.807, 2.05) is 0 Å². The smallest absolute Gasteiger partial charge is 0.251 e. The predicted octanol–water partition coefficient (Wildman–Crippen LogP) is 2.96. The van der Waals surface area contributed by atoms with Gasteiger partial charge in [-0.15, -0.1) is 0 Å². The monoisotopic (exact) mass is 420 g/mol. The van der Waals surface area contributed by atoms with Gasteiger partial charge >= 0.3 is 0 Å². The van der Waals surface area contributed by atoms with Gasteiger partial charge in [0.1, 0.15) is 0 Å². The summed E-state index contributed by atoms with van der Waals surface area (Å²) in [5, 5.41) is 3.27. The SMILES string of the molecule is Cc1ccc(C(=O)N[C@H]2C(C)(C)[C@H]3CC[C@]2(C)C3)cc1S(=O)(=O)N1CCOCC1. The van der Waals surface area contributed by atoms with Crippen LogP contribution in [0, 0.1) is 23.7 Å². The average molecular weight is 421 g/mol. The summed E-state index contributed by atoms with van der Waals surface area (Å²) in [4.78, 5) is 13.3. The van der Waals surface area contributed by atoms with Crippen molar-refractivity contribution in [2.75, 3.05) is 26.3 Å². The molecule has 1 aromatic rings. The largest absolute Gasteiger partial charge is 0.379 e. The molecule has 1 aliphatic heterocycles. The van der Waals surface area contributed by atoms with Gasteiger partial charge in [-0.3, -0.25) is 4.79 Å². The minimum absolute atomic E-state index is 0.0517. The van der Waals surface area contributed by atoms with E-state index in [0.29, 0.717) is 43.3 Å². The van der Waals surface area contributed by atoms with Crippen molar-refractivity contribution in [1.82, 2.24) is 9.62 Å². The number of carbonyl (C=O) groups excluding carboxylic acids is 1. The molecule has 1 saturated heterocycles. The van der Waals surface area contributed by atoms with Gasteiger partial charge in [-0.05, 0) is 60.6 Å². The second kappa shape index (κ2) is 7.06. The fraction of sp³-hybridized carbons (Fsp3) is 0.682. The number of hydrogen-bond donors (Lipinski definition) is 1. The fourth-order valence-corrected chi connectivity index (χ4v) is 7.48. The van der Waals surface area contributed by atoms with Gasteiger partial charge in [-0.1, -0.05) is 26.8 Å². The van der Waals surface area contributed by atoms with E-state index in [4.69, 9.17) is 4.74 Å². The zero-order chi connectivity index (χ0) is 21.0. The maximum atomic E-state index is 13.1. The van der Waals surface area contributed by atoms with E-state index in [1.54, 1.807) is 19.1 Å². The van der Waals surface area contributed by atoms with Crippen LogP contribution in [-0.4, -0.2) is 51.0 Å². The number of nitrogens with one attached hydrogen (secondary N) is 1. The molecule has 1 amide bonds. The zero-order valence-electron chi connectivity index (χ0n) is 17.8. The number of amides is 1. The molecule has 2 bridgehead atoms. The third-order valence-corrected chi connectivity index (χ3v) is 9.62. The van der Waals surface area contributed by atoms with Gasteiger partial charge in [-0.25, -0.2) is 8.42 Å². The summed E-state index contributed by atoms with van der Waals surface area (Å²) in [6.45, 7) is 10.0. The standard InChI is InChI=1S/C22H32N2O4S/c1-15-5-6-16(13-18(15)29(26,27)24-9-11-28-12-10-24)19(25)23-20-21(2,3)17-7-8-22(20,4)14-17/h5-6,13,17,20H,7-12,14H2,1-4H3,(H,23,25)/t17-,20-,22+/m0/s1. The molecule has 0 radical (unpaired) electrons. The third kappa shape index (κ3) is 3.41. The normalized spacial score (nSPS) is 31.7. The first-order valence-corrected chi connectivity index (χ1v) is 12.0. The van der Waals surface area contributed by atoms with Crippen molar-refractivity contribution in [2.45, 2.75) is 57.9 Å². The number of ether oxygens (including phenoxy) is 1. The molecule has 3 atom stereocenters. The molecule has 0 aromatic heterocycles. The van der Waals surface area contributed by atoms with E-state index in [0.717, 1.165) is 12.8 Å². The highest BCUT2D eigenvalue weighted by atomic mass is 32.2. The van der Waals surface area contributed by atoms with Crippen molar-refractivity contribution < 1.29 is 17.9 Å². The molecular formula is C22H32N2O4S. The molecule has 3 fully saturated rings. The topological polar surface area (TPSA) is 75.7 Å². The average Bonchev–Trinajstić information content (AvgIpc) is 3.17. The lowest BCUT2D eigenvalue weighted by atomic mass is 9.68. The number of sulfonamides is 1. The summed E-state index contributed by atoms with van der Waals surface area (Å²) in [6.07, 6.45) is 3.51. The maximum Gasteiger partial charge on any atom is 0.251 e. The first-order valence-electron chi connectivity index (χ1n) is 10.6. The van der Waals surface area contributed by atoms with Crippen LogP contribution >= 0.6 is 0 Å². The molecule has 3 aliphatic rings. The van der Waals surface area contributed by atoms with Gasteiger partial charge in [0.15, 0.2) is 0 Å². The summed E-state index contributed by atoms with van der Waals surface area (Å²) in [7, 11) is -3.65. The van der Waals surface area contributed by atoms with Crippen molar-refractivity contribution in [3.63, 3.8) is 0 Å². The molecular weight excluding hydrogens is 388 g/mol. The van der Waals surface area contributed by atoms with Crippen molar-refractivity contribution in [2.24, 2.45) is 16.7 Å². The van der Waals surface area contributed by atoms with E-state index in [1.165, 1.54) is 16.8 Å². The molecule has 1 aromatic carbocycles. The molecule has 0 spiro atoms. The van der Waals surface area contributed by atoms with Crippen LogP contribution in [0.1, 0.15) is 56.0 Å². The summed E-state index contributed by atoms with van der Waals surface area (Å²) in [5.74, 6) is 0.448. The Morgan fingerprint density at radius 3 is 2.52 bits per heavy atom. The van der Waals surface area contributed by atoms with Crippen LogP contribution in [0.3, 0.4) is 0 Å². The van der Waals surface area contributed by atoms with Crippen molar-refractivity contribution in [3.05, 3.63) is 29.3 Å². The molecule has 2 saturated carbocycles. The summed E-state index contributed by atoms with van der Waals surface area (Å²) in [5.41, 5.74) is 1.23. The minimum Gasteiger partial charge on any atom is -0.379 e. The van der Waals surface area contributed by atoms with Gasteiger partial charge in [-0.2, -0.15) is 4.31 Å². The number of hydrogen-bond acceptors (Lipinski definition) is 4. The number of carbonyl (C=O) groups is 1. The lowest BCUT2D eigenvalue weighted by molar-refractivity contribution is 0.0728. The number of rotatable bonds is 4. The van der Waals surface area contributed by atoms with Crippen molar-refractivity contribution in [3.8, 4) is 0 Å². The Bertz CT molecular complexity index is 916. The van der Waals surface area contributed by atoms with E-state index in [2.05, 4.69) is 26.1 Å². The quantitative estimate of drug-likeness (QED) is 0.813. The Labute approximate surface area is 174 Å². The van der Waals surface area contributed by atoms with E-state index < -0.39 is 10.0 Å². The Balaban J connectivity index is 1.60. The highest BCUT2D eigenvalue weighted by molar-refractivity contribution is 7.89. The van der Waals surface area contributed by atoms with Crippen LogP contribution in [0.15, 0.2) is 23.1 Å². The minimum atomic E-state index is -3.65. The molecule has 6 nitrogen and oxygen atoms in total. The molecule has 160 valence electrons. The van der Waals surface area contributed by atoms with Gasteiger partial charge in [0.2, 0.25) is 10.0 Å². The maximum absolute atomic E-state index is 13.1. The number of benzene rings is 1. The number of morpholine rings is 1. The molecule has 4 rings (SSSR count). The van der Waals surface area contributed by atoms with E-state index in [9.17, 15) is 13.2 Å². The molecule has 2 aliphatic carbocycles. The lowest BCUT2D eigenvalue weighted by Gasteiger charge is -2.43. The molecule has 1 N–H and O–H groups in total. The lowest BCUT2D eigenvalue weighted by Crippen LogP contribution is -2.52. The zero-order valence-corrected chi connectivity index (χ0v) is 18.6. The predicted molar refractivity (Wildman–Crippen MR) is 111 cm³/mol. The molecule has 7 heteroatoms. The Morgan fingerprint density at radius 2 is 1.90 bits per heavy atom. The second-order valence-corrected chi connectivity index (χ2v) is 11.7. The third-order valence-electron chi connectivity index (χ3n) is 7.58. The highest BCUT2D eigenvalue weighted by Crippen LogP contribution is 2.62. The fourth-order valence-electron chi connectivity index (χ4n) is 5.82. The first-order chi connectivity index (χ1) is 13.6. The van der Waals surface area contributed by atoms with Crippen LogP contribution in [0.5, 0.6) is 0 Å². The Kier molecular flexibility index (Phi) is 5.07. The van der Waals surface area contributed by atoms with Crippen LogP contribution in [0.4, 0.5) is 0 Å². The number of nitrogens with zero attached hydrogens (tertiary/aromatic N) is 1. The van der Waals surface area contributed by atoms with Gasteiger partial charge in [0.05, 0.1) is 18.1 Å². The van der Waals surface area contributed by atoms with Crippen LogP contribution in [-0.2, 0) is 14.8 Å². The van der Waals surface area contributed by atoms with Crippen molar-refractivity contribution in [1.29, 1.82) is 0 Å². The Morgan fingerprint density at radius 1 is 1.21 bits per heavy atom. The molecule has 1 heterocycles. The Hall–Kier alpha value is -1.44. The van der Waals surface area contributed by atoms with Gasteiger partial charge < -0.3 is 10.1 Å².